The van der Waals surface area contributed by atoms with Crippen LogP contribution in [0.2, 0.25) is 0 Å². The molecule has 2 aromatic carbocycles. The van der Waals surface area contributed by atoms with Gasteiger partial charge in [-0.3, -0.25) is 19.0 Å². The third-order valence-electron chi connectivity index (χ3n) is 6.47. The van der Waals surface area contributed by atoms with E-state index in [1.165, 1.54) is 11.3 Å². The van der Waals surface area contributed by atoms with Gasteiger partial charge in [-0.1, -0.05) is 41.7 Å². The first-order valence-electron chi connectivity index (χ1n) is 12.2. The van der Waals surface area contributed by atoms with E-state index in [1.54, 1.807) is 42.0 Å². The summed E-state index contributed by atoms with van der Waals surface area (Å²) in [5, 5.41) is 13.5. The van der Waals surface area contributed by atoms with Gasteiger partial charge in [-0.2, -0.15) is 5.26 Å². The van der Waals surface area contributed by atoms with Crippen molar-refractivity contribution in [3.8, 4) is 17.5 Å². The Morgan fingerprint density at radius 1 is 1.08 bits per heavy atom. The summed E-state index contributed by atoms with van der Waals surface area (Å²) in [4.78, 5) is 40.1. The van der Waals surface area contributed by atoms with E-state index in [0.29, 0.717) is 27.4 Å². The standard InChI is InChI=1S/C29H24N4O4S2/c1-37-19-13-11-17(12-14-19)15-22-29(36)39-28(33(22)18-7-3-2-4-8-18)21(16-30)26(35)32-27-24(25(31)34)20-9-5-6-10-23(20)38-27/h2-4,7-8,11-15H,5-6,9-10H2,1H3,(H2,31,34)(H,32,35)/b22-15+,28-21+. The second kappa shape index (κ2) is 11.1. The van der Waals surface area contributed by atoms with E-state index in [-0.39, 0.29) is 15.0 Å². The molecule has 0 aliphatic heterocycles. The summed E-state index contributed by atoms with van der Waals surface area (Å²) in [6, 6.07) is 18.3. The van der Waals surface area contributed by atoms with Crippen LogP contribution in [-0.4, -0.2) is 23.5 Å². The van der Waals surface area contributed by atoms with Crippen LogP contribution in [0, 0.1) is 11.3 Å². The van der Waals surface area contributed by atoms with Gasteiger partial charge in [-0.25, -0.2) is 0 Å². The van der Waals surface area contributed by atoms with Crippen LogP contribution in [0.5, 0.6) is 5.75 Å². The number of thiazole rings is 1. The second-order valence-corrected chi connectivity index (χ2v) is 11.0. The van der Waals surface area contributed by atoms with Crippen molar-refractivity contribution in [2.75, 3.05) is 12.4 Å². The monoisotopic (exact) mass is 556 g/mol. The predicted molar refractivity (Wildman–Crippen MR) is 153 cm³/mol. The van der Waals surface area contributed by atoms with E-state index in [4.69, 9.17) is 10.5 Å². The summed E-state index contributed by atoms with van der Waals surface area (Å²) in [6.45, 7) is 0. The quantitative estimate of drug-likeness (QED) is 0.377. The number of methoxy groups -OCH3 is 1. The Balaban J connectivity index is 1.69. The van der Waals surface area contributed by atoms with Crippen molar-refractivity contribution < 1.29 is 14.3 Å². The van der Waals surface area contributed by atoms with Crippen LogP contribution in [0.4, 0.5) is 5.00 Å². The zero-order valence-corrected chi connectivity index (χ0v) is 22.7. The Morgan fingerprint density at radius 3 is 2.46 bits per heavy atom. The van der Waals surface area contributed by atoms with Crippen molar-refractivity contribution in [2.45, 2.75) is 25.7 Å². The van der Waals surface area contributed by atoms with Crippen molar-refractivity contribution in [2.24, 2.45) is 5.73 Å². The number of fused-ring (bicyclic) bond motifs is 1. The van der Waals surface area contributed by atoms with Crippen molar-refractivity contribution in [1.29, 1.82) is 5.26 Å². The molecule has 0 unspecified atom stereocenters. The van der Waals surface area contributed by atoms with Crippen LogP contribution >= 0.6 is 22.7 Å². The fourth-order valence-electron chi connectivity index (χ4n) is 4.64. The maximum atomic E-state index is 13.5. The number of hydrogen-bond donors (Lipinski definition) is 2. The van der Waals surface area contributed by atoms with Crippen molar-refractivity contribution >= 4 is 51.1 Å². The Kier molecular flexibility index (Phi) is 7.45. The molecular weight excluding hydrogens is 532 g/mol. The summed E-state index contributed by atoms with van der Waals surface area (Å²) < 4.78 is 6.71. The molecule has 5 rings (SSSR count). The lowest BCUT2D eigenvalue weighted by molar-refractivity contribution is -0.111. The summed E-state index contributed by atoms with van der Waals surface area (Å²) in [5.41, 5.74) is 8.00. The Labute approximate surface area is 231 Å². The molecule has 8 nitrogen and oxygen atoms in total. The topological polar surface area (TPSA) is 127 Å². The first kappa shape index (κ1) is 26.2. The largest absolute Gasteiger partial charge is 0.497 e. The highest BCUT2D eigenvalue weighted by molar-refractivity contribution is 7.17. The summed E-state index contributed by atoms with van der Waals surface area (Å²) >= 11 is 2.13. The minimum absolute atomic E-state index is 0.188. The fourth-order valence-corrected chi connectivity index (χ4v) is 6.90. The number of hydrogen-bond acceptors (Lipinski definition) is 7. The highest BCUT2D eigenvalue weighted by Crippen LogP contribution is 2.38. The van der Waals surface area contributed by atoms with Crippen LogP contribution in [0.15, 0.2) is 59.4 Å². The average Bonchev–Trinajstić information content (AvgIpc) is 3.47. The predicted octanol–water partition coefficient (Wildman–Crippen LogP) is 3.09. The fraction of sp³-hybridized carbons (Fsp3) is 0.172. The number of ether oxygens (including phenoxy) is 1. The normalized spacial score (nSPS) is 13.8. The number of carbonyl (C=O) groups is 2. The minimum Gasteiger partial charge on any atom is -0.497 e. The van der Waals surface area contributed by atoms with E-state index in [9.17, 15) is 19.6 Å². The molecule has 0 spiro atoms. The Hall–Kier alpha value is -4.46. The maximum absolute atomic E-state index is 13.5. The summed E-state index contributed by atoms with van der Waals surface area (Å²) in [6.07, 6.45) is 5.19. The molecule has 0 radical (unpaired) electrons. The van der Waals surface area contributed by atoms with Gasteiger partial charge in [0.1, 0.15) is 26.8 Å². The Morgan fingerprint density at radius 2 is 1.79 bits per heavy atom. The molecule has 0 atom stereocenters. The lowest BCUT2D eigenvalue weighted by Crippen LogP contribution is -2.33. The van der Waals surface area contributed by atoms with Crippen molar-refractivity contribution in [3.05, 3.63) is 95.7 Å². The molecule has 0 fully saturated rings. The van der Waals surface area contributed by atoms with Crippen LogP contribution in [0.25, 0.3) is 17.3 Å². The first-order chi connectivity index (χ1) is 18.9. The van der Waals surface area contributed by atoms with Crippen LogP contribution in [-0.2, 0) is 17.6 Å². The molecular formula is C29H24N4O4S2. The van der Waals surface area contributed by atoms with E-state index in [1.807, 2.05) is 36.4 Å². The van der Waals surface area contributed by atoms with Gasteiger partial charge in [-0.15, -0.1) is 11.3 Å². The van der Waals surface area contributed by atoms with Gasteiger partial charge >= 0.3 is 0 Å². The smallest absolute Gasteiger partial charge is 0.269 e. The number of nitrogens with zero attached hydrogens (tertiary/aromatic N) is 2. The zero-order chi connectivity index (χ0) is 27.5. The van der Waals surface area contributed by atoms with Crippen molar-refractivity contribution in [1.82, 2.24) is 4.57 Å². The minimum atomic E-state index is -0.708. The van der Waals surface area contributed by atoms with E-state index < -0.39 is 11.8 Å². The molecule has 2 heterocycles. The highest BCUT2D eigenvalue weighted by atomic mass is 32.1. The lowest BCUT2D eigenvalue weighted by Gasteiger charge is -2.11. The molecule has 3 N–H and O–H groups in total. The number of carbonyl (C=O) groups excluding carboxylic acids is 2. The SMILES string of the molecule is COc1ccc(/C=c2\c(=O)s/c(=C(\C#N)C(=O)Nc3sc4c(c3C(N)=O)CCCC4)n2-c2ccccc2)cc1. The number of nitrogens with one attached hydrogen (secondary N) is 1. The number of anilines is 1. The van der Waals surface area contributed by atoms with E-state index >= 15 is 0 Å². The molecule has 2 amide bonds. The average molecular weight is 557 g/mol. The second-order valence-electron chi connectivity index (χ2n) is 8.89. The van der Waals surface area contributed by atoms with Crippen LogP contribution in [0.1, 0.15) is 39.2 Å². The molecule has 39 heavy (non-hydrogen) atoms. The van der Waals surface area contributed by atoms with Gasteiger partial charge in [0.2, 0.25) is 0 Å². The zero-order valence-electron chi connectivity index (χ0n) is 21.0. The lowest BCUT2D eigenvalue weighted by atomic mass is 9.95. The number of benzene rings is 2. The maximum Gasteiger partial charge on any atom is 0.269 e. The number of aromatic nitrogens is 1. The van der Waals surface area contributed by atoms with Crippen LogP contribution in [0.3, 0.4) is 0 Å². The number of para-hydroxylation sites is 1. The Bertz CT molecular complexity index is 1790. The first-order valence-corrected chi connectivity index (χ1v) is 13.9. The van der Waals surface area contributed by atoms with Gasteiger partial charge in [0, 0.05) is 10.6 Å². The molecule has 0 saturated carbocycles. The van der Waals surface area contributed by atoms with Crippen molar-refractivity contribution in [3.63, 3.8) is 0 Å². The molecule has 10 heteroatoms. The molecule has 196 valence electrons. The van der Waals surface area contributed by atoms with Gasteiger partial charge in [-0.05, 0) is 67.2 Å². The van der Waals surface area contributed by atoms with Gasteiger partial charge in [0.05, 0.1) is 12.7 Å². The van der Waals surface area contributed by atoms with E-state index in [2.05, 4.69) is 5.32 Å². The number of amides is 2. The third-order valence-corrected chi connectivity index (χ3v) is 8.66. The number of nitrogens with two attached hydrogens (primary N) is 1. The number of thiophene rings is 1. The summed E-state index contributed by atoms with van der Waals surface area (Å²) in [5.74, 6) is -0.642. The summed E-state index contributed by atoms with van der Waals surface area (Å²) in [7, 11) is 1.57. The highest BCUT2D eigenvalue weighted by Gasteiger charge is 2.26. The number of nitriles is 1. The number of primary amides is 1. The van der Waals surface area contributed by atoms with E-state index in [0.717, 1.165) is 53.0 Å². The van der Waals surface area contributed by atoms with Gasteiger partial charge in [0.25, 0.3) is 16.6 Å². The number of rotatable bonds is 6. The molecule has 0 bridgehead atoms. The van der Waals surface area contributed by atoms with Gasteiger partial charge < -0.3 is 15.8 Å². The number of aryl methyl sites for hydroxylation is 1. The molecule has 2 aromatic heterocycles. The molecule has 4 aromatic rings. The van der Waals surface area contributed by atoms with Gasteiger partial charge in [0.15, 0.2) is 5.57 Å². The molecule has 1 aliphatic carbocycles. The molecule has 0 saturated heterocycles. The third kappa shape index (κ3) is 5.14. The van der Waals surface area contributed by atoms with Crippen LogP contribution < -0.4 is 30.5 Å². The molecule has 1 aliphatic rings.